The molecule has 2 aromatic rings. The van der Waals surface area contributed by atoms with Gasteiger partial charge < -0.3 is 15.0 Å². The van der Waals surface area contributed by atoms with Gasteiger partial charge in [-0.05, 0) is 6.07 Å². The average Bonchev–Trinajstić information content (AvgIpc) is 2.85. The predicted molar refractivity (Wildman–Crippen MR) is 62.5 cm³/mol. The fraction of sp³-hybridized carbons (Fsp3) is 0.273. The van der Waals surface area contributed by atoms with Gasteiger partial charge in [-0.15, -0.1) is 0 Å². The van der Waals surface area contributed by atoms with Crippen molar-refractivity contribution in [3.05, 3.63) is 35.9 Å². The Balaban J connectivity index is 2.29. The van der Waals surface area contributed by atoms with Crippen molar-refractivity contribution in [1.82, 2.24) is 14.3 Å². The molecule has 0 fully saturated rings. The summed E-state index contributed by atoms with van der Waals surface area (Å²) < 4.78 is 8.15. The summed E-state index contributed by atoms with van der Waals surface area (Å²) in [6, 6.07) is 1.60. The largest absolute Gasteiger partial charge is 0.464 e. The van der Waals surface area contributed by atoms with Crippen molar-refractivity contribution >= 4 is 11.7 Å². The van der Waals surface area contributed by atoms with Gasteiger partial charge in [-0.2, -0.15) is 5.10 Å². The number of hydrogen-bond donors (Lipinski definition) is 1. The van der Waals surface area contributed by atoms with Crippen molar-refractivity contribution in [3.8, 4) is 0 Å². The minimum Gasteiger partial charge on any atom is -0.464 e. The van der Waals surface area contributed by atoms with E-state index < -0.39 is 5.97 Å². The fourth-order valence-electron chi connectivity index (χ4n) is 1.69. The van der Waals surface area contributed by atoms with Crippen LogP contribution in [0.1, 0.15) is 16.1 Å². The Hall–Kier alpha value is -2.24. The van der Waals surface area contributed by atoms with Crippen molar-refractivity contribution < 1.29 is 9.53 Å². The Morgan fingerprint density at radius 1 is 1.53 bits per heavy atom. The minimum atomic E-state index is -0.398. The number of nitrogens with zero attached hydrogens (tertiary/aromatic N) is 3. The number of esters is 1. The topological polar surface area (TPSA) is 75.1 Å². The maximum Gasteiger partial charge on any atom is 0.354 e. The number of nitrogens with two attached hydrogens (primary N) is 1. The van der Waals surface area contributed by atoms with Crippen LogP contribution in [0.5, 0.6) is 0 Å². The second kappa shape index (κ2) is 4.32. The first kappa shape index (κ1) is 11.3. The van der Waals surface area contributed by atoms with Crippen LogP contribution in [0, 0.1) is 0 Å². The first-order valence-electron chi connectivity index (χ1n) is 5.11. The molecule has 17 heavy (non-hydrogen) atoms. The maximum absolute atomic E-state index is 11.5. The third-order valence-corrected chi connectivity index (χ3v) is 2.42. The molecule has 0 saturated heterocycles. The average molecular weight is 234 g/mol. The van der Waals surface area contributed by atoms with E-state index in [2.05, 4.69) is 5.10 Å². The van der Waals surface area contributed by atoms with E-state index in [0.717, 1.165) is 5.56 Å². The third-order valence-electron chi connectivity index (χ3n) is 2.42. The van der Waals surface area contributed by atoms with Crippen molar-refractivity contribution in [1.29, 1.82) is 0 Å². The summed E-state index contributed by atoms with van der Waals surface area (Å²) in [5.41, 5.74) is 7.65. The molecule has 6 heteroatoms. The highest BCUT2D eigenvalue weighted by atomic mass is 16.5. The summed E-state index contributed by atoms with van der Waals surface area (Å²) in [4.78, 5) is 11.5. The number of hydrogen-bond acceptors (Lipinski definition) is 4. The van der Waals surface area contributed by atoms with Gasteiger partial charge >= 0.3 is 5.97 Å². The summed E-state index contributed by atoms with van der Waals surface area (Å²) >= 11 is 0. The first-order chi connectivity index (χ1) is 8.10. The van der Waals surface area contributed by atoms with E-state index in [1.807, 2.05) is 13.2 Å². The van der Waals surface area contributed by atoms with Crippen LogP contribution < -0.4 is 5.73 Å². The van der Waals surface area contributed by atoms with E-state index in [0.29, 0.717) is 17.9 Å². The smallest absolute Gasteiger partial charge is 0.354 e. The van der Waals surface area contributed by atoms with Crippen LogP contribution >= 0.6 is 0 Å². The molecule has 0 saturated carbocycles. The van der Waals surface area contributed by atoms with Crippen LogP contribution in [0.2, 0.25) is 0 Å². The van der Waals surface area contributed by atoms with E-state index >= 15 is 0 Å². The summed E-state index contributed by atoms with van der Waals surface area (Å²) in [6.07, 6.45) is 5.34. The Labute approximate surface area is 98.6 Å². The van der Waals surface area contributed by atoms with Crippen LogP contribution in [-0.4, -0.2) is 27.4 Å². The zero-order chi connectivity index (χ0) is 12.4. The molecular formula is C11H14N4O2. The normalized spacial score (nSPS) is 10.5. The van der Waals surface area contributed by atoms with Crippen LogP contribution in [0.3, 0.4) is 0 Å². The number of anilines is 1. The van der Waals surface area contributed by atoms with Crippen molar-refractivity contribution in [2.75, 3.05) is 12.8 Å². The van der Waals surface area contributed by atoms with Crippen molar-refractivity contribution in [3.63, 3.8) is 0 Å². The minimum absolute atomic E-state index is 0.398. The molecule has 0 radical (unpaired) electrons. The lowest BCUT2D eigenvalue weighted by Crippen LogP contribution is -2.10. The maximum atomic E-state index is 11.5. The SMILES string of the molecule is COC(=O)c1cc(N)cn1Cc1cnn(C)c1. The van der Waals surface area contributed by atoms with E-state index in [-0.39, 0.29) is 0 Å². The highest BCUT2D eigenvalue weighted by Crippen LogP contribution is 2.14. The fourth-order valence-corrected chi connectivity index (χ4v) is 1.69. The number of nitrogen functional groups attached to an aromatic ring is 1. The zero-order valence-electron chi connectivity index (χ0n) is 9.75. The summed E-state index contributed by atoms with van der Waals surface area (Å²) in [7, 11) is 3.19. The molecule has 0 aromatic carbocycles. The standard InChI is InChI=1S/C11H14N4O2/c1-14-5-8(4-13-14)6-15-7-9(12)3-10(15)11(16)17-2/h3-5,7H,6,12H2,1-2H3. The Bertz CT molecular complexity index is 541. The van der Waals surface area contributed by atoms with Crippen LogP contribution in [-0.2, 0) is 18.3 Å². The van der Waals surface area contributed by atoms with E-state index in [4.69, 9.17) is 10.5 Å². The van der Waals surface area contributed by atoms with E-state index in [1.54, 1.807) is 27.7 Å². The molecule has 0 aliphatic carbocycles. The number of aryl methyl sites for hydroxylation is 1. The molecule has 0 amide bonds. The molecule has 0 aliphatic heterocycles. The van der Waals surface area contributed by atoms with Gasteiger partial charge in [0, 0.05) is 25.0 Å². The number of carbonyl (C=O) groups is 1. The zero-order valence-corrected chi connectivity index (χ0v) is 9.75. The number of ether oxygens (including phenoxy) is 1. The quantitative estimate of drug-likeness (QED) is 0.791. The van der Waals surface area contributed by atoms with E-state index in [1.165, 1.54) is 7.11 Å². The highest BCUT2D eigenvalue weighted by molar-refractivity contribution is 5.89. The van der Waals surface area contributed by atoms with Crippen LogP contribution in [0.15, 0.2) is 24.7 Å². The molecule has 0 unspecified atom stereocenters. The van der Waals surface area contributed by atoms with Gasteiger partial charge in [0.25, 0.3) is 0 Å². The monoisotopic (exact) mass is 234 g/mol. The number of carbonyl (C=O) groups excluding carboxylic acids is 1. The molecule has 2 aromatic heterocycles. The lowest BCUT2D eigenvalue weighted by atomic mass is 10.3. The summed E-state index contributed by atoms with van der Waals surface area (Å²) in [6.45, 7) is 0.537. The van der Waals surface area contributed by atoms with Gasteiger partial charge in [-0.25, -0.2) is 4.79 Å². The predicted octanol–water partition coefficient (Wildman–Crippen LogP) is 0.639. The second-order valence-electron chi connectivity index (χ2n) is 3.80. The molecular weight excluding hydrogens is 220 g/mol. The second-order valence-corrected chi connectivity index (χ2v) is 3.80. The Morgan fingerprint density at radius 3 is 2.88 bits per heavy atom. The Morgan fingerprint density at radius 2 is 2.29 bits per heavy atom. The number of rotatable bonds is 3. The molecule has 0 atom stereocenters. The molecule has 6 nitrogen and oxygen atoms in total. The van der Waals surface area contributed by atoms with Gasteiger partial charge in [0.05, 0.1) is 25.5 Å². The molecule has 90 valence electrons. The molecule has 0 aliphatic rings. The molecule has 2 heterocycles. The molecule has 0 bridgehead atoms. The van der Waals surface area contributed by atoms with Crippen molar-refractivity contribution in [2.24, 2.45) is 7.05 Å². The van der Waals surface area contributed by atoms with Gasteiger partial charge in [-0.3, -0.25) is 4.68 Å². The first-order valence-corrected chi connectivity index (χ1v) is 5.11. The Kier molecular flexibility index (Phi) is 2.86. The van der Waals surface area contributed by atoms with Gasteiger partial charge in [0.2, 0.25) is 0 Å². The van der Waals surface area contributed by atoms with Gasteiger partial charge in [0.15, 0.2) is 0 Å². The number of methoxy groups -OCH3 is 1. The van der Waals surface area contributed by atoms with Gasteiger partial charge in [-0.1, -0.05) is 0 Å². The molecule has 2 N–H and O–H groups in total. The lowest BCUT2D eigenvalue weighted by molar-refractivity contribution is 0.0589. The third kappa shape index (κ3) is 2.30. The summed E-state index contributed by atoms with van der Waals surface area (Å²) in [5, 5.41) is 4.07. The van der Waals surface area contributed by atoms with Crippen LogP contribution in [0.25, 0.3) is 0 Å². The summed E-state index contributed by atoms with van der Waals surface area (Å²) in [5.74, 6) is -0.398. The lowest BCUT2D eigenvalue weighted by Gasteiger charge is -2.05. The molecule has 2 rings (SSSR count). The van der Waals surface area contributed by atoms with Crippen molar-refractivity contribution in [2.45, 2.75) is 6.54 Å². The highest BCUT2D eigenvalue weighted by Gasteiger charge is 2.13. The van der Waals surface area contributed by atoms with E-state index in [9.17, 15) is 4.79 Å². The van der Waals surface area contributed by atoms with Gasteiger partial charge in [0.1, 0.15) is 5.69 Å². The van der Waals surface area contributed by atoms with Crippen LogP contribution in [0.4, 0.5) is 5.69 Å². The molecule has 0 spiro atoms. The number of aromatic nitrogens is 3.